The van der Waals surface area contributed by atoms with Crippen molar-refractivity contribution in [1.82, 2.24) is 4.57 Å². The first-order valence-corrected chi connectivity index (χ1v) is 12.3. The number of rotatable bonds is 5. The number of carbonyl (C=O) groups excluding carboxylic acids is 2. The molecule has 36 heavy (non-hydrogen) atoms. The van der Waals surface area contributed by atoms with Gasteiger partial charge < -0.3 is 29.4 Å². The number of benzene rings is 1. The number of hydrogen-bond donors (Lipinski definition) is 1. The highest BCUT2D eigenvalue weighted by Crippen LogP contribution is 2.54. The molecule has 3 aliphatic heterocycles. The Kier molecular flexibility index (Phi) is 5.90. The van der Waals surface area contributed by atoms with Crippen LogP contribution in [0.1, 0.15) is 43.5 Å². The SMILES string of the molecule is COC(=O)C1=C(N)Oc2cc(C)n(CC3CCCO3)c(=O)c2C12C(=O)N(CC(C)C)c1ccccc12. The molecule has 2 unspecified atom stereocenters. The molecule has 0 bridgehead atoms. The van der Waals surface area contributed by atoms with E-state index in [1.807, 2.05) is 26.0 Å². The fourth-order valence-electron chi connectivity index (χ4n) is 5.70. The van der Waals surface area contributed by atoms with E-state index in [1.165, 1.54) is 7.11 Å². The summed E-state index contributed by atoms with van der Waals surface area (Å²) in [5.41, 5.74) is 5.80. The van der Waals surface area contributed by atoms with Crippen LogP contribution in [-0.2, 0) is 31.0 Å². The van der Waals surface area contributed by atoms with Gasteiger partial charge in [-0.15, -0.1) is 0 Å². The van der Waals surface area contributed by atoms with Crippen LogP contribution in [0.15, 0.2) is 46.6 Å². The van der Waals surface area contributed by atoms with Gasteiger partial charge >= 0.3 is 5.97 Å². The first-order valence-electron chi connectivity index (χ1n) is 12.3. The van der Waals surface area contributed by atoms with Crippen molar-refractivity contribution in [2.45, 2.75) is 51.7 Å². The summed E-state index contributed by atoms with van der Waals surface area (Å²) in [7, 11) is 1.22. The molecule has 0 saturated carbocycles. The number of fused-ring (bicyclic) bond motifs is 4. The number of amides is 1. The summed E-state index contributed by atoms with van der Waals surface area (Å²) in [4.78, 5) is 43.6. The van der Waals surface area contributed by atoms with Crippen LogP contribution in [0.25, 0.3) is 0 Å². The number of anilines is 1. The number of para-hydroxylation sites is 1. The van der Waals surface area contributed by atoms with E-state index in [4.69, 9.17) is 19.9 Å². The van der Waals surface area contributed by atoms with Gasteiger partial charge in [0, 0.05) is 36.2 Å². The molecule has 2 atom stereocenters. The van der Waals surface area contributed by atoms with Gasteiger partial charge in [0.2, 0.25) is 11.8 Å². The van der Waals surface area contributed by atoms with Crippen LogP contribution in [0.2, 0.25) is 0 Å². The highest BCUT2D eigenvalue weighted by atomic mass is 16.5. The molecule has 9 heteroatoms. The normalized spacial score (nSPS) is 22.8. The number of carbonyl (C=O) groups is 2. The van der Waals surface area contributed by atoms with Crippen molar-refractivity contribution in [3.05, 3.63) is 69.0 Å². The van der Waals surface area contributed by atoms with Crippen LogP contribution in [0.3, 0.4) is 0 Å². The molecule has 0 radical (unpaired) electrons. The Bertz CT molecular complexity index is 1340. The van der Waals surface area contributed by atoms with Crippen LogP contribution in [0.5, 0.6) is 5.75 Å². The molecule has 0 aliphatic carbocycles. The van der Waals surface area contributed by atoms with E-state index in [1.54, 1.807) is 34.6 Å². The summed E-state index contributed by atoms with van der Waals surface area (Å²) in [6, 6.07) is 8.90. The molecule has 4 heterocycles. The number of pyridine rings is 1. The average Bonchev–Trinajstić information content (AvgIpc) is 3.43. The zero-order valence-electron chi connectivity index (χ0n) is 21.0. The molecule has 5 rings (SSSR count). The summed E-state index contributed by atoms with van der Waals surface area (Å²) in [6.45, 7) is 7.20. The van der Waals surface area contributed by atoms with Gasteiger partial charge in [-0.1, -0.05) is 32.0 Å². The molecular weight excluding hydrogens is 462 g/mol. The van der Waals surface area contributed by atoms with E-state index >= 15 is 0 Å². The number of ether oxygens (including phenoxy) is 3. The van der Waals surface area contributed by atoms with Crippen molar-refractivity contribution in [2.24, 2.45) is 11.7 Å². The Morgan fingerprint density at radius 1 is 1.28 bits per heavy atom. The molecule has 1 amide bonds. The van der Waals surface area contributed by atoms with Crippen molar-refractivity contribution in [1.29, 1.82) is 0 Å². The Balaban J connectivity index is 1.85. The maximum Gasteiger partial charge on any atom is 0.340 e. The van der Waals surface area contributed by atoms with Crippen molar-refractivity contribution in [2.75, 3.05) is 25.2 Å². The largest absolute Gasteiger partial charge is 0.465 e. The molecule has 1 fully saturated rings. The van der Waals surface area contributed by atoms with Crippen molar-refractivity contribution >= 4 is 17.6 Å². The van der Waals surface area contributed by atoms with Crippen LogP contribution in [-0.4, -0.2) is 42.8 Å². The highest BCUT2D eigenvalue weighted by molar-refractivity contribution is 6.18. The second kappa shape index (κ2) is 8.81. The maximum atomic E-state index is 14.5. The number of nitrogens with zero attached hydrogens (tertiary/aromatic N) is 2. The quantitative estimate of drug-likeness (QED) is 0.636. The molecule has 1 spiro atoms. The summed E-state index contributed by atoms with van der Waals surface area (Å²) in [6.07, 6.45) is 1.66. The van der Waals surface area contributed by atoms with E-state index < -0.39 is 22.9 Å². The zero-order chi connectivity index (χ0) is 25.8. The summed E-state index contributed by atoms with van der Waals surface area (Å²) < 4.78 is 18.3. The van der Waals surface area contributed by atoms with Gasteiger partial charge in [0.15, 0.2) is 0 Å². The Morgan fingerprint density at radius 2 is 2.03 bits per heavy atom. The van der Waals surface area contributed by atoms with Crippen LogP contribution in [0, 0.1) is 12.8 Å². The fraction of sp³-hybridized carbons (Fsp3) is 0.444. The van der Waals surface area contributed by atoms with E-state index in [-0.39, 0.29) is 34.8 Å². The van der Waals surface area contributed by atoms with Crippen LogP contribution in [0.4, 0.5) is 5.69 Å². The molecule has 190 valence electrons. The standard InChI is InChI=1S/C27H31N3O6/c1-15(2)13-30-19-10-6-5-9-18(19)27(26(30)33)21-20(36-23(28)22(27)25(32)34-4)12-16(3)29(24(21)31)14-17-8-7-11-35-17/h5-6,9-10,12,15,17H,7-8,11,13-14,28H2,1-4H3. The Morgan fingerprint density at radius 3 is 2.69 bits per heavy atom. The first-order chi connectivity index (χ1) is 17.2. The molecule has 2 aromatic rings. The summed E-state index contributed by atoms with van der Waals surface area (Å²) >= 11 is 0. The van der Waals surface area contributed by atoms with Crippen LogP contribution >= 0.6 is 0 Å². The van der Waals surface area contributed by atoms with Gasteiger partial charge in [0.05, 0.1) is 25.3 Å². The van der Waals surface area contributed by atoms with Gasteiger partial charge in [-0.25, -0.2) is 4.79 Å². The number of aryl methyl sites for hydroxylation is 1. The van der Waals surface area contributed by atoms with Crippen molar-refractivity contribution in [3.63, 3.8) is 0 Å². The molecule has 1 saturated heterocycles. The van der Waals surface area contributed by atoms with E-state index in [2.05, 4.69) is 0 Å². The van der Waals surface area contributed by atoms with Crippen LogP contribution < -0.4 is 20.9 Å². The molecule has 3 aliphatic rings. The monoisotopic (exact) mass is 493 g/mol. The number of nitrogens with two attached hydrogens (primary N) is 1. The van der Waals surface area contributed by atoms with Gasteiger partial charge in [0.1, 0.15) is 16.7 Å². The lowest BCUT2D eigenvalue weighted by Crippen LogP contribution is -2.52. The Labute approximate surface area is 209 Å². The summed E-state index contributed by atoms with van der Waals surface area (Å²) in [5.74, 6) is -1.19. The third-order valence-corrected chi connectivity index (χ3v) is 7.20. The topological polar surface area (TPSA) is 113 Å². The summed E-state index contributed by atoms with van der Waals surface area (Å²) in [5, 5.41) is 0. The fourth-order valence-corrected chi connectivity index (χ4v) is 5.70. The molecule has 9 nitrogen and oxygen atoms in total. The average molecular weight is 494 g/mol. The zero-order valence-corrected chi connectivity index (χ0v) is 21.0. The number of esters is 1. The predicted molar refractivity (Wildman–Crippen MR) is 133 cm³/mol. The van der Waals surface area contributed by atoms with E-state index in [0.29, 0.717) is 36.6 Å². The van der Waals surface area contributed by atoms with Gasteiger partial charge in [0.25, 0.3) is 5.56 Å². The van der Waals surface area contributed by atoms with Gasteiger partial charge in [-0.2, -0.15) is 0 Å². The number of methoxy groups -OCH3 is 1. The molecule has 1 aromatic heterocycles. The maximum absolute atomic E-state index is 14.5. The van der Waals surface area contributed by atoms with Crippen molar-refractivity contribution in [3.8, 4) is 5.75 Å². The molecule has 1 aromatic carbocycles. The van der Waals surface area contributed by atoms with Crippen molar-refractivity contribution < 1.29 is 23.8 Å². The lowest BCUT2D eigenvalue weighted by atomic mass is 9.68. The van der Waals surface area contributed by atoms with Gasteiger partial charge in [-0.3, -0.25) is 9.59 Å². The Hall–Kier alpha value is -3.59. The third-order valence-electron chi connectivity index (χ3n) is 7.20. The second-order valence-electron chi connectivity index (χ2n) is 9.99. The second-order valence-corrected chi connectivity index (χ2v) is 9.99. The van der Waals surface area contributed by atoms with E-state index in [9.17, 15) is 14.4 Å². The lowest BCUT2D eigenvalue weighted by Gasteiger charge is -2.36. The minimum atomic E-state index is -1.79. The first kappa shape index (κ1) is 24.1. The highest BCUT2D eigenvalue weighted by Gasteiger charge is 2.62. The predicted octanol–water partition coefficient (Wildman–Crippen LogP) is 2.36. The number of hydrogen-bond acceptors (Lipinski definition) is 7. The third kappa shape index (κ3) is 3.37. The van der Waals surface area contributed by atoms with E-state index in [0.717, 1.165) is 12.8 Å². The molecule has 2 N–H and O–H groups in total. The smallest absolute Gasteiger partial charge is 0.340 e. The lowest BCUT2D eigenvalue weighted by molar-refractivity contribution is -0.138. The minimum Gasteiger partial charge on any atom is -0.465 e. The van der Waals surface area contributed by atoms with Gasteiger partial charge in [-0.05, 0) is 31.7 Å². The number of aromatic nitrogens is 1. The molecular formula is C27H31N3O6. The minimum absolute atomic E-state index is 0.0735.